The van der Waals surface area contributed by atoms with Crippen LogP contribution in [-0.4, -0.2) is 42.2 Å². The quantitative estimate of drug-likeness (QED) is 0.878. The fourth-order valence-corrected chi connectivity index (χ4v) is 2.70. The molecular weight excluding hydrogens is 226 g/mol. The van der Waals surface area contributed by atoms with Gasteiger partial charge in [0, 0.05) is 37.1 Å². The molecule has 0 amide bonds. The zero-order chi connectivity index (χ0) is 13.1. The van der Waals surface area contributed by atoms with Crippen LogP contribution in [0.1, 0.15) is 30.6 Å². The van der Waals surface area contributed by atoms with Crippen molar-refractivity contribution in [2.45, 2.75) is 38.5 Å². The fraction of sp³-hybridized carbons (Fsp3) is 0.643. The lowest BCUT2D eigenvalue weighted by Gasteiger charge is -2.33. The Kier molecular flexibility index (Phi) is 4.32. The van der Waals surface area contributed by atoms with Gasteiger partial charge >= 0.3 is 0 Å². The van der Waals surface area contributed by atoms with Gasteiger partial charge in [0.1, 0.15) is 0 Å². The van der Waals surface area contributed by atoms with Crippen LogP contribution in [-0.2, 0) is 4.74 Å². The third-order valence-corrected chi connectivity index (χ3v) is 3.89. The van der Waals surface area contributed by atoms with E-state index < -0.39 is 0 Å². The molecule has 2 rings (SSSR count). The molecule has 3 unspecified atom stereocenters. The molecule has 4 heteroatoms. The van der Waals surface area contributed by atoms with E-state index in [9.17, 15) is 0 Å². The van der Waals surface area contributed by atoms with Crippen LogP contribution < -0.4 is 5.73 Å². The fourth-order valence-electron chi connectivity index (χ4n) is 2.70. The summed E-state index contributed by atoms with van der Waals surface area (Å²) in [5, 5.41) is 0. The number of likely N-dealkylation sites (N-methyl/N-ethyl adjacent to an activating group) is 1. The average molecular weight is 249 g/mol. The van der Waals surface area contributed by atoms with E-state index >= 15 is 0 Å². The summed E-state index contributed by atoms with van der Waals surface area (Å²) in [6, 6.07) is 4.82. The summed E-state index contributed by atoms with van der Waals surface area (Å²) in [6.45, 7) is 5.58. The normalized spacial score (nSPS) is 25.6. The Hall–Kier alpha value is -0.970. The van der Waals surface area contributed by atoms with Crippen molar-refractivity contribution in [3.63, 3.8) is 0 Å². The molecule has 0 radical (unpaired) electrons. The maximum atomic E-state index is 5.95. The van der Waals surface area contributed by atoms with Crippen molar-refractivity contribution in [3.8, 4) is 0 Å². The largest absolute Gasteiger partial charge is 0.377 e. The maximum absolute atomic E-state index is 5.95. The summed E-state index contributed by atoms with van der Waals surface area (Å²) >= 11 is 0. The molecule has 0 bridgehead atoms. The molecule has 2 N–H and O–H groups in total. The number of pyridine rings is 1. The van der Waals surface area contributed by atoms with Crippen molar-refractivity contribution in [1.29, 1.82) is 0 Å². The Morgan fingerprint density at radius 1 is 1.56 bits per heavy atom. The number of aryl methyl sites for hydroxylation is 1. The highest BCUT2D eigenvalue weighted by Gasteiger charge is 2.31. The van der Waals surface area contributed by atoms with Gasteiger partial charge < -0.3 is 10.5 Å². The molecule has 1 saturated heterocycles. The summed E-state index contributed by atoms with van der Waals surface area (Å²) in [7, 11) is 2.13. The van der Waals surface area contributed by atoms with Gasteiger partial charge in [-0.3, -0.25) is 9.88 Å². The van der Waals surface area contributed by atoms with E-state index in [2.05, 4.69) is 29.9 Å². The first-order valence-electron chi connectivity index (χ1n) is 6.59. The van der Waals surface area contributed by atoms with E-state index in [0.29, 0.717) is 12.6 Å². The highest BCUT2D eigenvalue weighted by molar-refractivity contribution is 5.18. The first kappa shape index (κ1) is 13.5. The van der Waals surface area contributed by atoms with E-state index in [1.807, 2.05) is 19.2 Å². The van der Waals surface area contributed by atoms with Gasteiger partial charge in [-0.05, 0) is 38.9 Å². The van der Waals surface area contributed by atoms with Crippen molar-refractivity contribution < 1.29 is 4.74 Å². The minimum atomic E-state index is 0.215. The first-order chi connectivity index (χ1) is 8.63. The predicted molar refractivity (Wildman–Crippen MR) is 72.4 cm³/mol. The zero-order valence-electron chi connectivity index (χ0n) is 11.5. The molecule has 1 aliphatic rings. The Labute approximate surface area is 109 Å². The molecule has 3 atom stereocenters. The smallest absolute Gasteiger partial charge is 0.0703 e. The highest BCUT2D eigenvalue weighted by Crippen LogP contribution is 2.26. The molecule has 100 valence electrons. The number of aromatic nitrogens is 1. The molecule has 4 nitrogen and oxygen atoms in total. The number of nitrogens with zero attached hydrogens (tertiary/aromatic N) is 2. The summed E-state index contributed by atoms with van der Waals surface area (Å²) in [5.74, 6) is 0. The van der Waals surface area contributed by atoms with Gasteiger partial charge in [0.2, 0.25) is 0 Å². The van der Waals surface area contributed by atoms with Crippen LogP contribution >= 0.6 is 0 Å². The Bertz CT molecular complexity index is 379. The lowest BCUT2D eigenvalue weighted by Crippen LogP contribution is -2.42. The predicted octanol–water partition coefficient (Wildman–Crippen LogP) is 1.50. The molecule has 18 heavy (non-hydrogen) atoms. The Morgan fingerprint density at radius 3 is 2.83 bits per heavy atom. The first-order valence-corrected chi connectivity index (χ1v) is 6.59. The van der Waals surface area contributed by atoms with E-state index in [1.165, 1.54) is 5.56 Å². The van der Waals surface area contributed by atoms with E-state index in [4.69, 9.17) is 10.5 Å². The highest BCUT2D eigenvalue weighted by atomic mass is 16.5. The van der Waals surface area contributed by atoms with E-state index in [1.54, 1.807) is 0 Å². The molecule has 1 aromatic rings. The molecular formula is C14H23N3O. The van der Waals surface area contributed by atoms with Crippen LogP contribution in [0.3, 0.4) is 0 Å². The molecule has 0 spiro atoms. The zero-order valence-corrected chi connectivity index (χ0v) is 11.5. The Balaban J connectivity index is 2.14. The summed E-state index contributed by atoms with van der Waals surface area (Å²) in [4.78, 5) is 6.70. The molecule has 1 aromatic heterocycles. The van der Waals surface area contributed by atoms with Crippen LogP contribution in [0.4, 0.5) is 0 Å². The van der Waals surface area contributed by atoms with Crippen LogP contribution in [0.15, 0.2) is 18.3 Å². The summed E-state index contributed by atoms with van der Waals surface area (Å²) in [6.07, 6.45) is 3.29. The molecule has 1 aliphatic heterocycles. The lowest BCUT2D eigenvalue weighted by atomic mass is 10.0. The monoisotopic (exact) mass is 249 g/mol. The van der Waals surface area contributed by atoms with E-state index in [-0.39, 0.29) is 12.1 Å². The number of hydrogen-bond acceptors (Lipinski definition) is 4. The van der Waals surface area contributed by atoms with Crippen LogP contribution in [0.2, 0.25) is 0 Å². The van der Waals surface area contributed by atoms with E-state index in [0.717, 1.165) is 18.7 Å². The summed E-state index contributed by atoms with van der Waals surface area (Å²) in [5.41, 5.74) is 8.17. The van der Waals surface area contributed by atoms with Crippen LogP contribution in [0.25, 0.3) is 0 Å². The van der Waals surface area contributed by atoms with Crippen LogP contribution in [0, 0.1) is 6.92 Å². The summed E-state index contributed by atoms with van der Waals surface area (Å²) < 4.78 is 5.64. The van der Waals surface area contributed by atoms with Gasteiger partial charge in [0.05, 0.1) is 6.10 Å². The number of hydrogen-bond donors (Lipinski definition) is 1. The number of nitrogens with two attached hydrogens (primary N) is 1. The van der Waals surface area contributed by atoms with Gasteiger partial charge in [-0.15, -0.1) is 0 Å². The third-order valence-electron chi connectivity index (χ3n) is 3.89. The van der Waals surface area contributed by atoms with Crippen molar-refractivity contribution in [2.24, 2.45) is 5.73 Å². The molecule has 0 aromatic carbocycles. The van der Waals surface area contributed by atoms with Crippen molar-refractivity contribution in [2.75, 3.05) is 20.2 Å². The minimum Gasteiger partial charge on any atom is -0.377 e. The molecule has 1 fully saturated rings. The second-order valence-corrected chi connectivity index (χ2v) is 5.08. The number of ether oxygens (including phenoxy) is 1. The van der Waals surface area contributed by atoms with Crippen molar-refractivity contribution in [1.82, 2.24) is 9.88 Å². The van der Waals surface area contributed by atoms with Gasteiger partial charge in [-0.2, -0.15) is 0 Å². The Morgan fingerprint density at radius 2 is 2.33 bits per heavy atom. The molecule has 2 heterocycles. The molecule has 0 saturated carbocycles. The van der Waals surface area contributed by atoms with Gasteiger partial charge in [0.25, 0.3) is 0 Å². The van der Waals surface area contributed by atoms with Crippen molar-refractivity contribution >= 4 is 0 Å². The topological polar surface area (TPSA) is 51.4 Å². The SMILES string of the molecule is Cc1ccc(C(CN)N(C)C2CCOC2C)cn1. The second-order valence-electron chi connectivity index (χ2n) is 5.08. The maximum Gasteiger partial charge on any atom is 0.0703 e. The number of rotatable bonds is 4. The molecule has 0 aliphatic carbocycles. The third kappa shape index (κ3) is 2.71. The average Bonchev–Trinajstić information content (AvgIpc) is 2.78. The van der Waals surface area contributed by atoms with Gasteiger partial charge in [-0.25, -0.2) is 0 Å². The minimum absolute atomic E-state index is 0.215. The van der Waals surface area contributed by atoms with Crippen molar-refractivity contribution in [3.05, 3.63) is 29.6 Å². The van der Waals surface area contributed by atoms with Gasteiger partial charge in [-0.1, -0.05) is 6.07 Å². The lowest BCUT2D eigenvalue weighted by molar-refractivity contribution is 0.0685. The van der Waals surface area contributed by atoms with Crippen LogP contribution in [0.5, 0.6) is 0 Å². The second kappa shape index (κ2) is 5.78. The standard InChI is InChI=1S/C14H23N3O/c1-10-4-5-12(9-16-10)14(8-15)17(3)13-6-7-18-11(13)2/h4-5,9,11,13-14H,6-8,15H2,1-3H3. The van der Waals surface area contributed by atoms with Gasteiger partial charge in [0.15, 0.2) is 0 Å².